The number of carboxylic acid groups (broad SMARTS) is 1. The van der Waals surface area contributed by atoms with Gasteiger partial charge in [-0.15, -0.1) is 0 Å². The van der Waals surface area contributed by atoms with Gasteiger partial charge in [-0.25, -0.2) is 0 Å². The van der Waals surface area contributed by atoms with Crippen LogP contribution in [-0.4, -0.2) is 41.0 Å². The van der Waals surface area contributed by atoms with Gasteiger partial charge in [-0.3, -0.25) is 9.59 Å². The fourth-order valence-electron chi connectivity index (χ4n) is 2.67. The van der Waals surface area contributed by atoms with Crippen LogP contribution in [-0.2, 0) is 16.0 Å². The molecule has 5 nitrogen and oxygen atoms in total. The second-order valence-corrected chi connectivity index (χ2v) is 5.57. The van der Waals surface area contributed by atoms with Gasteiger partial charge in [0.2, 0.25) is 5.91 Å². The number of hydrogen-bond acceptors (Lipinski definition) is 3. The number of nitrogens with zero attached hydrogens (tertiary/aromatic N) is 1. The van der Waals surface area contributed by atoms with Gasteiger partial charge in [0, 0.05) is 13.1 Å². The molecule has 2 rings (SSSR count). The lowest BCUT2D eigenvalue weighted by atomic mass is 9.96. The van der Waals surface area contributed by atoms with Gasteiger partial charge in [0.25, 0.3) is 0 Å². The van der Waals surface area contributed by atoms with E-state index in [1.807, 2.05) is 30.3 Å². The van der Waals surface area contributed by atoms with E-state index in [0.717, 1.165) is 6.42 Å². The standard InChI is InChI=1S/C16H22N2O3/c17-14(7-6-12-4-2-1-3-5-12)15(19)18-10-8-13(9-11-18)16(20)21/h1-5,13-14H,6-11,17H2,(H,20,21). The molecule has 1 unspecified atom stereocenters. The maximum Gasteiger partial charge on any atom is 0.306 e. The van der Waals surface area contributed by atoms with Gasteiger partial charge in [-0.1, -0.05) is 30.3 Å². The third-order valence-corrected chi connectivity index (χ3v) is 4.06. The van der Waals surface area contributed by atoms with Crippen molar-refractivity contribution in [3.63, 3.8) is 0 Å². The number of benzene rings is 1. The topological polar surface area (TPSA) is 83.6 Å². The third kappa shape index (κ3) is 4.29. The first-order valence-corrected chi connectivity index (χ1v) is 7.39. The maximum atomic E-state index is 12.2. The van der Waals surface area contributed by atoms with Crippen LogP contribution in [0.2, 0.25) is 0 Å². The maximum absolute atomic E-state index is 12.2. The third-order valence-electron chi connectivity index (χ3n) is 4.06. The summed E-state index contributed by atoms with van der Waals surface area (Å²) < 4.78 is 0. The number of carboxylic acids is 1. The smallest absolute Gasteiger partial charge is 0.306 e. The number of aliphatic carboxylic acids is 1. The minimum Gasteiger partial charge on any atom is -0.481 e. The highest BCUT2D eigenvalue weighted by Crippen LogP contribution is 2.18. The van der Waals surface area contributed by atoms with Gasteiger partial charge in [-0.2, -0.15) is 0 Å². The quantitative estimate of drug-likeness (QED) is 0.855. The Morgan fingerprint density at radius 2 is 1.86 bits per heavy atom. The minimum absolute atomic E-state index is 0.0604. The second-order valence-electron chi connectivity index (χ2n) is 5.57. The van der Waals surface area contributed by atoms with Crippen molar-refractivity contribution in [2.45, 2.75) is 31.7 Å². The number of carbonyl (C=O) groups excluding carboxylic acids is 1. The molecule has 0 aliphatic carbocycles. The SMILES string of the molecule is NC(CCc1ccccc1)C(=O)N1CCC(C(=O)O)CC1. The molecule has 114 valence electrons. The largest absolute Gasteiger partial charge is 0.481 e. The molecule has 1 aromatic carbocycles. The molecule has 0 aromatic heterocycles. The van der Waals surface area contributed by atoms with E-state index in [-0.39, 0.29) is 11.8 Å². The first-order chi connectivity index (χ1) is 10.1. The highest BCUT2D eigenvalue weighted by molar-refractivity contribution is 5.82. The van der Waals surface area contributed by atoms with Crippen LogP contribution in [0, 0.1) is 5.92 Å². The first kappa shape index (κ1) is 15.5. The summed E-state index contributed by atoms with van der Waals surface area (Å²) in [5.74, 6) is -1.15. The molecule has 1 aliphatic heterocycles. The predicted octanol–water partition coefficient (Wildman–Crippen LogP) is 1.27. The van der Waals surface area contributed by atoms with Crippen LogP contribution >= 0.6 is 0 Å². The summed E-state index contributed by atoms with van der Waals surface area (Å²) >= 11 is 0. The van der Waals surface area contributed by atoms with E-state index in [4.69, 9.17) is 10.8 Å². The molecule has 0 spiro atoms. The molecule has 1 aliphatic rings. The molecule has 1 aromatic rings. The summed E-state index contributed by atoms with van der Waals surface area (Å²) in [6.07, 6.45) is 2.43. The molecular weight excluding hydrogens is 268 g/mol. The molecule has 1 amide bonds. The Bertz CT molecular complexity index is 482. The summed E-state index contributed by atoms with van der Waals surface area (Å²) in [4.78, 5) is 24.8. The van der Waals surface area contributed by atoms with Gasteiger partial charge in [0.05, 0.1) is 12.0 Å². The summed E-state index contributed by atoms with van der Waals surface area (Å²) in [5, 5.41) is 8.95. The molecule has 1 atom stereocenters. The Labute approximate surface area is 124 Å². The van der Waals surface area contributed by atoms with E-state index in [2.05, 4.69) is 0 Å². The zero-order chi connectivity index (χ0) is 15.2. The van der Waals surface area contributed by atoms with Crippen LogP contribution in [0.15, 0.2) is 30.3 Å². The Hall–Kier alpha value is -1.88. The van der Waals surface area contributed by atoms with E-state index in [1.54, 1.807) is 4.90 Å². The highest BCUT2D eigenvalue weighted by Gasteiger charge is 2.29. The summed E-state index contributed by atoms with van der Waals surface area (Å²) in [7, 11) is 0. The summed E-state index contributed by atoms with van der Waals surface area (Å²) in [6, 6.07) is 9.44. The van der Waals surface area contributed by atoms with Crippen molar-refractivity contribution in [1.29, 1.82) is 0 Å². The number of hydrogen-bond donors (Lipinski definition) is 2. The normalized spacial score (nSPS) is 17.5. The van der Waals surface area contributed by atoms with Crippen molar-refractivity contribution in [3.05, 3.63) is 35.9 Å². The van der Waals surface area contributed by atoms with E-state index in [9.17, 15) is 9.59 Å². The molecule has 21 heavy (non-hydrogen) atoms. The summed E-state index contributed by atoms with van der Waals surface area (Å²) in [5.41, 5.74) is 7.15. The molecule has 1 heterocycles. The lowest BCUT2D eigenvalue weighted by molar-refractivity contribution is -0.146. The van der Waals surface area contributed by atoms with Gasteiger partial charge in [0.15, 0.2) is 0 Å². The van der Waals surface area contributed by atoms with Crippen LogP contribution < -0.4 is 5.73 Å². The van der Waals surface area contributed by atoms with E-state index < -0.39 is 12.0 Å². The van der Waals surface area contributed by atoms with Gasteiger partial charge >= 0.3 is 5.97 Å². The molecule has 3 N–H and O–H groups in total. The number of carbonyl (C=O) groups is 2. The molecule has 0 radical (unpaired) electrons. The number of rotatable bonds is 5. The number of aryl methyl sites for hydroxylation is 1. The molecule has 0 bridgehead atoms. The Balaban J connectivity index is 1.79. The van der Waals surface area contributed by atoms with Crippen LogP contribution in [0.4, 0.5) is 0 Å². The Morgan fingerprint density at radius 3 is 2.43 bits per heavy atom. The number of amides is 1. The van der Waals surface area contributed by atoms with Gasteiger partial charge in [0.1, 0.15) is 0 Å². The Kier molecular flexibility index (Phi) is 5.33. The molecule has 1 saturated heterocycles. The minimum atomic E-state index is -0.768. The van der Waals surface area contributed by atoms with Crippen molar-refractivity contribution < 1.29 is 14.7 Å². The zero-order valence-corrected chi connectivity index (χ0v) is 12.1. The first-order valence-electron chi connectivity index (χ1n) is 7.39. The van der Waals surface area contributed by atoms with Crippen LogP contribution in [0.5, 0.6) is 0 Å². The average molecular weight is 290 g/mol. The van der Waals surface area contributed by atoms with Gasteiger partial charge in [-0.05, 0) is 31.2 Å². The van der Waals surface area contributed by atoms with E-state index in [0.29, 0.717) is 32.4 Å². The average Bonchev–Trinajstić information content (AvgIpc) is 2.53. The van der Waals surface area contributed by atoms with Gasteiger partial charge < -0.3 is 15.7 Å². The lowest BCUT2D eigenvalue weighted by Crippen LogP contribution is -2.48. The van der Waals surface area contributed by atoms with Crippen molar-refractivity contribution >= 4 is 11.9 Å². The van der Waals surface area contributed by atoms with Crippen molar-refractivity contribution in [3.8, 4) is 0 Å². The van der Waals surface area contributed by atoms with Crippen molar-refractivity contribution in [2.24, 2.45) is 11.7 Å². The van der Waals surface area contributed by atoms with Crippen molar-refractivity contribution in [1.82, 2.24) is 4.90 Å². The fourth-order valence-corrected chi connectivity index (χ4v) is 2.67. The predicted molar refractivity (Wildman–Crippen MR) is 79.7 cm³/mol. The van der Waals surface area contributed by atoms with Crippen LogP contribution in [0.25, 0.3) is 0 Å². The number of likely N-dealkylation sites (tertiary alicyclic amines) is 1. The van der Waals surface area contributed by atoms with Crippen LogP contribution in [0.3, 0.4) is 0 Å². The molecule has 5 heteroatoms. The number of piperidine rings is 1. The lowest BCUT2D eigenvalue weighted by Gasteiger charge is -2.32. The second kappa shape index (κ2) is 7.22. The summed E-state index contributed by atoms with van der Waals surface area (Å²) in [6.45, 7) is 0.990. The van der Waals surface area contributed by atoms with E-state index in [1.165, 1.54) is 5.56 Å². The van der Waals surface area contributed by atoms with Crippen molar-refractivity contribution in [2.75, 3.05) is 13.1 Å². The fraction of sp³-hybridized carbons (Fsp3) is 0.500. The molecule has 0 saturated carbocycles. The number of nitrogens with two attached hydrogens (primary N) is 1. The van der Waals surface area contributed by atoms with Crippen LogP contribution in [0.1, 0.15) is 24.8 Å². The molecular formula is C16H22N2O3. The van der Waals surface area contributed by atoms with E-state index >= 15 is 0 Å². The Morgan fingerprint density at radius 1 is 1.24 bits per heavy atom. The zero-order valence-electron chi connectivity index (χ0n) is 12.1. The molecule has 1 fully saturated rings. The highest BCUT2D eigenvalue weighted by atomic mass is 16.4. The monoisotopic (exact) mass is 290 g/mol.